The summed E-state index contributed by atoms with van der Waals surface area (Å²) < 4.78 is 39.9. The minimum atomic E-state index is -3.84. The number of hydrogen-bond acceptors (Lipinski definition) is 8. The Kier molecular flexibility index (Phi) is 11.2. The van der Waals surface area contributed by atoms with Crippen molar-refractivity contribution in [2.24, 2.45) is 5.14 Å². The number of hydrogen-bond donors (Lipinski definition) is 3. The summed E-state index contributed by atoms with van der Waals surface area (Å²) in [5, 5.41) is 22.3. The number of sulfonamides is 1. The van der Waals surface area contributed by atoms with Crippen molar-refractivity contribution in [3.63, 3.8) is 0 Å². The Morgan fingerprint density at radius 3 is 2.28 bits per heavy atom. The highest BCUT2D eigenvalue weighted by molar-refractivity contribution is 7.89. The Morgan fingerprint density at radius 2 is 1.75 bits per heavy atom. The molecule has 0 aromatic heterocycles. The molecule has 0 aliphatic carbocycles. The van der Waals surface area contributed by atoms with Crippen LogP contribution in [0.3, 0.4) is 0 Å². The number of nitrogens with two attached hydrogens (primary N) is 1. The molecule has 11 nitrogen and oxygen atoms in total. The highest BCUT2D eigenvalue weighted by Crippen LogP contribution is 2.26. The van der Waals surface area contributed by atoms with Crippen LogP contribution in [0.5, 0.6) is 17.2 Å². The predicted octanol–water partition coefficient (Wildman–Crippen LogP) is 1.99. The fraction of sp³-hybridized carbons (Fsp3) is 0.400. The van der Waals surface area contributed by atoms with Crippen molar-refractivity contribution in [3.05, 3.63) is 58.1 Å². The van der Waals surface area contributed by atoms with Crippen LogP contribution in [-0.4, -0.2) is 51.6 Å². The molecule has 0 saturated carbocycles. The molecule has 2 aromatic carbocycles. The lowest BCUT2D eigenvalue weighted by molar-refractivity contribution is -0.742. The van der Waals surface area contributed by atoms with Gasteiger partial charge in [0.25, 0.3) is 5.09 Å². The Balaban J connectivity index is 0.00000118. The van der Waals surface area contributed by atoms with Gasteiger partial charge in [-0.15, -0.1) is 10.1 Å². The van der Waals surface area contributed by atoms with Gasteiger partial charge in [-0.25, -0.2) is 13.6 Å². The highest BCUT2D eigenvalue weighted by atomic mass is 32.2. The molecule has 12 heteroatoms. The van der Waals surface area contributed by atoms with Crippen LogP contribution in [0.2, 0.25) is 0 Å². The number of benzene rings is 2. The van der Waals surface area contributed by atoms with Gasteiger partial charge in [-0.05, 0) is 50.1 Å². The second kappa shape index (κ2) is 13.3. The first-order valence-electron chi connectivity index (χ1n) is 9.69. The van der Waals surface area contributed by atoms with Gasteiger partial charge in [0, 0.05) is 12.6 Å². The zero-order chi connectivity index (χ0) is 24.1. The van der Waals surface area contributed by atoms with Gasteiger partial charge < -0.3 is 24.7 Å². The van der Waals surface area contributed by atoms with Crippen molar-refractivity contribution >= 4 is 10.0 Å². The summed E-state index contributed by atoms with van der Waals surface area (Å²) in [5.74, 6) is 1.69. The Bertz CT molecular complexity index is 965. The van der Waals surface area contributed by atoms with E-state index in [0.29, 0.717) is 31.9 Å². The lowest BCUT2D eigenvalue weighted by atomic mass is 10.1. The van der Waals surface area contributed by atoms with Crippen molar-refractivity contribution in [2.45, 2.75) is 31.2 Å². The van der Waals surface area contributed by atoms with Crippen LogP contribution in [0.1, 0.15) is 19.4 Å². The van der Waals surface area contributed by atoms with Gasteiger partial charge in [0.15, 0.2) is 11.5 Å². The maximum atomic E-state index is 11.7. The summed E-state index contributed by atoms with van der Waals surface area (Å²) in [5.41, 5.74) is 0.854. The topological polar surface area (TPSA) is 163 Å². The summed E-state index contributed by atoms with van der Waals surface area (Å²) in [6.07, 6.45) is 0.641. The maximum absolute atomic E-state index is 11.7. The molecule has 0 bridgehead atoms. The van der Waals surface area contributed by atoms with Crippen LogP contribution in [0.4, 0.5) is 0 Å². The smallest absolute Gasteiger partial charge is 0.291 e. The second-order valence-corrected chi connectivity index (χ2v) is 8.09. The molecule has 0 heterocycles. The molecular formula is C20H29N3O8S. The Labute approximate surface area is 187 Å². The second-order valence-electron chi connectivity index (χ2n) is 6.56. The van der Waals surface area contributed by atoms with Crippen molar-refractivity contribution < 1.29 is 32.9 Å². The van der Waals surface area contributed by atoms with E-state index in [2.05, 4.69) is 5.32 Å². The first kappa shape index (κ1) is 26.9. The van der Waals surface area contributed by atoms with E-state index in [1.807, 2.05) is 44.2 Å². The highest BCUT2D eigenvalue weighted by Gasteiger charge is 2.16. The minimum Gasteiger partial charge on any atom is -0.495 e. The predicted molar refractivity (Wildman–Crippen MR) is 117 cm³/mol. The van der Waals surface area contributed by atoms with Crippen molar-refractivity contribution in [2.75, 3.05) is 26.9 Å². The van der Waals surface area contributed by atoms with Crippen molar-refractivity contribution in [1.82, 2.24) is 5.32 Å². The van der Waals surface area contributed by atoms with E-state index in [1.54, 1.807) is 12.1 Å². The third-order valence-corrected chi connectivity index (χ3v) is 5.01. The average molecular weight is 472 g/mol. The number of ether oxygens (including phenoxy) is 3. The van der Waals surface area contributed by atoms with Crippen LogP contribution in [0.25, 0.3) is 0 Å². The third kappa shape index (κ3) is 9.81. The van der Waals surface area contributed by atoms with E-state index in [9.17, 15) is 8.42 Å². The number of methoxy groups -OCH3 is 1. The number of rotatable bonds is 11. The first-order chi connectivity index (χ1) is 15.1. The van der Waals surface area contributed by atoms with Gasteiger partial charge in [0.1, 0.15) is 17.3 Å². The molecule has 2 aromatic rings. The van der Waals surface area contributed by atoms with Crippen molar-refractivity contribution in [3.8, 4) is 17.2 Å². The molecule has 2 rings (SSSR count). The van der Waals surface area contributed by atoms with Gasteiger partial charge in [-0.2, -0.15) is 0 Å². The monoisotopic (exact) mass is 471 g/mol. The Morgan fingerprint density at radius 1 is 1.16 bits per heavy atom. The van der Waals surface area contributed by atoms with E-state index >= 15 is 0 Å². The molecule has 4 N–H and O–H groups in total. The molecule has 0 saturated heterocycles. The number of nitrogens with one attached hydrogen (secondary N) is 1. The standard InChI is InChI=1S/C20H28N2O5S.HNO3/c1-4-26-17-7-5-6-8-18(17)27-12-11-22-15(2)13-16-9-10-19(25-3)20(14-16)28(21,23)24;2-1(3)4/h5-10,14-15,22H,4,11-13H2,1-3H3,(H2,21,23,24);(H,2,3,4)/t15-;/m1./s1. The van der Waals surface area contributed by atoms with E-state index < -0.39 is 15.1 Å². The molecule has 0 fully saturated rings. The molecule has 0 aliphatic rings. The molecule has 0 radical (unpaired) electrons. The van der Waals surface area contributed by atoms with Crippen LogP contribution in [0, 0.1) is 10.1 Å². The van der Waals surface area contributed by atoms with Gasteiger partial charge in [0.05, 0.1) is 13.7 Å². The zero-order valence-electron chi connectivity index (χ0n) is 18.2. The molecule has 0 amide bonds. The van der Waals surface area contributed by atoms with Gasteiger partial charge in [-0.3, -0.25) is 0 Å². The van der Waals surface area contributed by atoms with E-state index in [1.165, 1.54) is 7.11 Å². The number of primary sulfonamides is 1. The molecule has 0 spiro atoms. The molecular weight excluding hydrogens is 442 g/mol. The molecule has 178 valence electrons. The van der Waals surface area contributed by atoms with Crippen LogP contribution in [-0.2, 0) is 16.4 Å². The van der Waals surface area contributed by atoms with Crippen LogP contribution >= 0.6 is 0 Å². The first-order valence-corrected chi connectivity index (χ1v) is 11.2. The normalized spacial score (nSPS) is 11.6. The zero-order valence-corrected chi connectivity index (χ0v) is 19.0. The summed E-state index contributed by atoms with van der Waals surface area (Å²) in [6, 6.07) is 12.7. The summed E-state index contributed by atoms with van der Waals surface area (Å²) in [4.78, 5) is 8.36. The van der Waals surface area contributed by atoms with Crippen LogP contribution in [0.15, 0.2) is 47.4 Å². The van der Waals surface area contributed by atoms with Gasteiger partial charge in [0.2, 0.25) is 10.0 Å². The molecule has 32 heavy (non-hydrogen) atoms. The van der Waals surface area contributed by atoms with Crippen molar-refractivity contribution in [1.29, 1.82) is 0 Å². The minimum absolute atomic E-state index is 0.00411. The average Bonchev–Trinajstić information content (AvgIpc) is 2.71. The van der Waals surface area contributed by atoms with E-state index in [4.69, 9.17) is 34.7 Å². The maximum Gasteiger partial charge on any atom is 0.291 e. The van der Waals surface area contributed by atoms with Gasteiger partial charge >= 0.3 is 0 Å². The third-order valence-electron chi connectivity index (χ3n) is 4.08. The summed E-state index contributed by atoms with van der Waals surface area (Å²) in [6.45, 7) is 5.66. The molecule has 0 aliphatic heterocycles. The summed E-state index contributed by atoms with van der Waals surface area (Å²) in [7, 11) is -2.43. The van der Waals surface area contributed by atoms with E-state index in [-0.39, 0.29) is 16.7 Å². The fourth-order valence-corrected chi connectivity index (χ4v) is 3.55. The van der Waals surface area contributed by atoms with E-state index in [0.717, 1.165) is 11.3 Å². The lowest BCUT2D eigenvalue weighted by Gasteiger charge is -2.16. The molecule has 1 atom stereocenters. The van der Waals surface area contributed by atoms with Crippen LogP contribution < -0.4 is 24.7 Å². The SMILES string of the molecule is CCOc1ccccc1OCCN[C@H](C)Cc1ccc(OC)c(S(N)(=O)=O)c1.O=[N+]([O-])O. The fourth-order valence-electron chi connectivity index (χ4n) is 2.81. The summed E-state index contributed by atoms with van der Waals surface area (Å²) >= 11 is 0. The quantitative estimate of drug-likeness (QED) is 0.252. The van der Waals surface area contributed by atoms with Gasteiger partial charge in [-0.1, -0.05) is 18.2 Å². The molecule has 0 unspecified atom stereocenters. The number of nitrogens with zero attached hydrogens (tertiary/aromatic N) is 1. The lowest BCUT2D eigenvalue weighted by Crippen LogP contribution is -2.32. The Hall–Kier alpha value is -3.09. The largest absolute Gasteiger partial charge is 0.495 e. The number of para-hydroxylation sites is 2.